The van der Waals surface area contributed by atoms with Crippen molar-refractivity contribution in [2.45, 2.75) is 31.9 Å². The Morgan fingerprint density at radius 3 is 2.68 bits per heavy atom. The van der Waals surface area contributed by atoms with E-state index in [2.05, 4.69) is 32.7 Å². The number of hydrogen-bond donors (Lipinski definition) is 3. The number of hydrogen-bond acceptors (Lipinski definition) is 8. The van der Waals surface area contributed by atoms with Gasteiger partial charge in [0.05, 0.1) is 12.2 Å². The van der Waals surface area contributed by atoms with E-state index in [4.69, 9.17) is 9.97 Å². The van der Waals surface area contributed by atoms with Crippen LogP contribution in [0, 0.1) is 0 Å². The molecule has 0 unspecified atom stereocenters. The van der Waals surface area contributed by atoms with Gasteiger partial charge in [0.15, 0.2) is 11.5 Å². The maximum atomic E-state index is 13.3. The van der Waals surface area contributed by atoms with Gasteiger partial charge in [-0.05, 0) is 56.2 Å². The first kappa shape index (κ1) is 23.4. The van der Waals surface area contributed by atoms with Crippen LogP contribution < -0.4 is 21.1 Å². The largest absolute Gasteiger partial charge is 0.384 e. The third-order valence-corrected chi connectivity index (χ3v) is 7.03. The van der Waals surface area contributed by atoms with E-state index < -0.39 is 5.60 Å². The highest BCUT2D eigenvalue weighted by Gasteiger charge is 2.26. The van der Waals surface area contributed by atoms with E-state index in [0.29, 0.717) is 47.9 Å². The highest BCUT2D eigenvalue weighted by atomic mass is 16.3. The molecule has 2 aliphatic rings. The SMILES string of the molecule is C[C@@]1(O)CC/C=C\Cn2c(=O)c3cnc(Nc4ccc(N5CCNCC5)cc4)nc3n2-c2cccc1n2. The molecule has 3 aromatic heterocycles. The van der Waals surface area contributed by atoms with Crippen molar-refractivity contribution in [1.29, 1.82) is 0 Å². The van der Waals surface area contributed by atoms with Crippen LogP contribution in [0.3, 0.4) is 0 Å². The molecule has 1 atom stereocenters. The third-order valence-electron chi connectivity index (χ3n) is 7.03. The minimum Gasteiger partial charge on any atom is -0.384 e. The molecule has 10 heteroatoms. The zero-order chi connectivity index (χ0) is 25.4. The van der Waals surface area contributed by atoms with Gasteiger partial charge >= 0.3 is 0 Å². The Morgan fingerprint density at radius 1 is 1.05 bits per heavy atom. The molecule has 1 fully saturated rings. The molecule has 0 spiro atoms. The molecule has 2 aliphatic heterocycles. The molecule has 0 aliphatic carbocycles. The van der Waals surface area contributed by atoms with Crippen LogP contribution in [0.5, 0.6) is 0 Å². The highest BCUT2D eigenvalue weighted by Crippen LogP contribution is 2.27. The average Bonchev–Trinajstić information content (AvgIpc) is 3.19. The van der Waals surface area contributed by atoms with Crippen molar-refractivity contribution in [3.05, 3.63) is 76.9 Å². The predicted octanol–water partition coefficient (Wildman–Crippen LogP) is 2.69. The van der Waals surface area contributed by atoms with Gasteiger partial charge in [-0.2, -0.15) is 4.98 Å². The zero-order valence-corrected chi connectivity index (χ0v) is 20.8. The molecule has 0 amide bonds. The standard InChI is InChI=1S/C27H30N8O2/c1-27(37)12-3-2-4-15-34-25(36)21-18-29-26(32-24(21)35(34)23-7-5-6-22(27)31-23)30-19-8-10-20(11-9-19)33-16-13-28-14-17-33/h2,4-11,18,28,37H,3,12-17H2,1H3,(H,29,30,32)/b4-2-/t27-/m1/s1. The van der Waals surface area contributed by atoms with Gasteiger partial charge in [0, 0.05) is 43.8 Å². The molecule has 190 valence electrons. The molecule has 1 saturated heterocycles. The molecule has 0 saturated carbocycles. The Morgan fingerprint density at radius 2 is 1.86 bits per heavy atom. The van der Waals surface area contributed by atoms with Crippen molar-refractivity contribution < 1.29 is 5.11 Å². The van der Waals surface area contributed by atoms with Gasteiger partial charge in [0.2, 0.25) is 5.95 Å². The molecule has 0 radical (unpaired) electrons. The van der Waals surface area contributed by atoms with Gasteiger partial charge in [-0.3, -0.25) is 4.79 Å². The number of nitrogens with zero attached hydrogens (tertiary/aromatic N) is 6. The number of nitrogens with one attached hydrogen (secondary N) is 2. The number of anilines is 3. The van der Waals surface area contributed by atoms with E-state index in [1.54, 1.807) is 22.5 Å². The molecule has 4 aromatic rings. The summed E-state index contributed by atoms with van der Waals surface area (Å²) in [4.78, 5) is 29.6. The Labute approximate surface area is 214 Å². The summed E-state index contributed by atoms with van der Waals surface area (Å²) < 4.78 is 3.32. The molecular formula is C27H30N8O2. The minimum atomic E-state index is -1.09. The van der Waals surface area contributed by atoms with Crippen molar-refractivity contribution in [3.63, 3.8) is 0 Å². The molecule has 10 nitrogen and oxygen atoms in total. The Hall–Kier alpha value is -4.02. The molecule has 5 heterocycles. The Bertz CT molecular complexity index is 1510. The molecule has 1 aromatic carbocycles. The molecule has 2 bridgehead atoms. The van der Waals surface area contributed by atoms with Crippen LogP contribution in [-0.4, -0.2) is 55.6 Å². The quantitative estimate of drug-likeness (QED) is 0.370. The molecule has 6 rings (SSSR count). The fraction of sp³-hybridized carbons (Fsp3) is 0.333. The Kier molecular flexibility index (Phi) is 5.97. The normalized spacial score (nSPS) is 20.8. The number of piperazine rings is 1. The number of fused-ring (bicyclic) bond motifs is 6. The van der Waals surface area contributed by atoms with Crippen molar-refractivity contribution in [3.8, 4) is 5.82 Å². The first-order valence-electron chi connectivity index (χ1n) is 12.7. The molecular weight excluding hydrogens is 468 g/mol. The van der Waals surface area contributed by atoms with E-state index in [-0.39, 0.29) is 5.56 Å². The topological polar surface area (TPSA) is 113 Å². The number of aromatic nitrogens is 5. The monoisotopic (exact) mass is 498 g/mol. The van der Waals surface area contributed by atoms with Crippen molar-refractivity contribution in [1.82, 2.24) is 29.6 Å². The van der Waals surface area contributed by atoms with Crippen LogP contribution in [0.1, 0.15) is 25.5 Å². The van der Waals surface area contributed by atoms with E-state index in [9.17, 15) is 9.90 Å². The van der Waals surface area contributed by atoms with Crippen molar-refractivity contribution in [2.24, 2.45) is 0 Å². The Balaban J connectivity index is 1.39. The number of rotatable bonds is 3. The van der Waals surface area contributed by atoms with Gasteiger partial charge in [-0.15, -0.1) is 0 Å². The summed E-state index contributed by atoms with van der Waals surface area (Å²) in [5.74, 6) is 0.904. The van der Waals surface area contributed by atoms with E-state index in [0.717, 1.165) is 31.9 Å². The summed E-state index contributed by atoms with van der Waals surface area (Å²) in [6.07, 6.45) is 6.70. The van der Waals surface area contributed by atoms with Crippen LogP contribution >= 0.6 is 0 Å². The van der Waals surface area contributed by atoms with Crippen LogP contribution in [0.15, 0.2) is 65.6 Å². The second-order valence-corrected chi connectivity index (χ2v) is 9.70. The minimum absolute atomic E-state index is 0.190. The van der Waals surface area contributed by atoms with Crippen LogP contribution in [-0.2, 0) is 12.1 Å². The summed E-state index contributed by atoms with van der Waals surface area (Å²) in [6, 6.07) is 13.7. The maximum absolute atomic E-state index is 13.3. The summed E-state index contributed by atoms with van der Waals surface area (Å²) in [5, 5.41) is 18.1. The third kappa shape index (κ3) is 4.49. The van der Waals surface area contributed by atoms with Crippen LogP contribution in [0.2, 0.25) is 0 Å². The predicted molar refractivity (Wildman–Crippen MR) is 144 cm³/mol. The summed E-state index contributed by atoms with van der Waals surface area (Å²) in [7, 11) is 0. The lowest BCUT2D eigenvalue weighted by atomic mass is 9.95. The van der Waals surface area contributed by atoms with Gasteiger partial charge in [-0.1, -0.05) is 18.2 Å². The van der Waals surface area contributed by atoms with Gasteiger partial charge in [0.25, 0.3) is 5.56 Å². The van der Waals surface area contributed by atoms with Gasteiger partial charge in [-0.25, -0.2) is 19.3 Å². The first-order valence-corrected chi connectivity index (χ1v) is 12.7. The number of aliphatic hydroxyl groups is 1. The lowest BCUT2D eigenvalue weighted by Gasteiger charge is -2.29. The van der Waals surface area contributed by atoms with Gasteiger partial charge in [0.1, 0.15) is 11.0 Å². The van der Waals surface area contributed by atoms with E-state index in [1.807, 2.05) is 42.5 Å². The number of allylic oxidation sites excluding steroid dienone is 2. The summed E-state index contributed by atoms with van der Waals surface area (Å²) in [5.41, 5.74) is 1.77. The number of benzene rings is 1. The van der Waals surface area contributed by atoms with Crippen molar-refractivity contribution >= 4 is 28.4 Å². The maximum Gasteiger partial charge on any atom is 0.278 e. The van der Waals surface area contributed by atoms with E-state index >= 15 is 0 Å². The highest BCUT2D eigenvalue weighted by molar-refractivity contribution is 5.77. The summed E-state index contributed by atoms with van der Waals surface area (Å²) in [6.45, 7) is 6.07. The van der Waals surface area contributed by atoms with Crippen LogP contribution in [0.25, 0.3) is 16.9 Å². The zero-order valence-electron chi connectivity index (χ0n) is 20.8. The van der Waals surface area contributed by atoms with Crippen LogP contribution in [0.4, 0.5) is 17.3 Å². The fourth-order valence-electron chi connectivity index (χ4n) is 4.92. The molecule has 3 N–H and O–H groups in total. The number of pyridine rings is 1. The lowest BCUT2D eigenvalue weighted by Crippen LogP contribution is -2.43. The van der Waals surface area contributed by atoms with E-state index in [1.165, 1.54) is 5.69 Å². The second-order valence-electron chi connectivity index (χ2n) is 9.70. The average molecular weight is 499 g/mol. The smallest absolute Gasteiger partial charge is 0.278 e. The summed E-state index contributed by atoms with van der Waals surface area (Å²) >= 11 is 0. The van der Waals surface area contributed by atoms with Crippen molar-refractivity contribution in [2.75, 3.05) is 36.4 Å². The first-order chi connectivity index (χ1) is 18.0. The lowest BCUT2D eigenvalue weighted by molar-refractivity contribution is 0.0443. The van der Waals surface area contributed by atoms with Gasteiger partial charge < -0.3 is 20.6 Å². The fourth-order valence-corrected chi connectivity index (χ4v) is 4.92. The second kappa shape index (κ2) is 9.45. The molecule has 37 heavy (non-hydrogen) atoms.